The number of hydrogen-bond donors (Lipinski definition) is 3. The molecule has 0 spiro atoms. The van der Waals surface area contributed by atoms with Gasteiger partial charge in [0.2, 0.25) is 11.8 Å². The topological polar surface area (TPSA) is 122 Å². The summed E-state index contributed by atoms with van der Waals surface area (Å²) in [6, 6.07) is 1.20. The van der Waals surface area contributed by atoms with Gasteiger partial charge in [0, 0.05) is 13.0 Å². The molecule has 27 heavy (non-hydrogen) atoms. The van der Waals surface area contributed by atoms with E-state index in [1.54, 1.807) is 0 Å². The average molecular weight is 376 g/mol. The minimum atomic E-state index is -1.08. The van der Waals surface area contributed by atoms with Crippen LogP contribution < -0.4 is 16.4 Å². The molecule has 2 aliphatic heterocycles. The zero-order chi connectivity index (χ0) is 19.9. The maximum absolute atomic E-state index is 14.4. The summed E-state index contributed by atoms with van der Waals surface area (Å²) in [7, 11) is 0. The lowest BCUT2D eigenvalue weighted by atomic mass is 9.94. The first-order valence-corrected chi connectivity index (χ1v) is 8.63. The number of nitrogens with one attached hydrogen (secondary N) is 2. The van der Waals surface area contributed by atoms with E-state index in [0.29, 0.717) is 13.1 Å². The Kier molecular flexibility index (Phi) is 4.73. The number of amides is 4. The minimum Gasteiger partial charge on any atom is -0.382 e. The van der Waals surface area contributed by atoms with E-state index in [9.17, 15) is 23.6 Å². The molecule has 0 aliphatic carbocycles. The molecule has 2 aliphatic rings. The predicted molar refractivity (Wildman–Crippen MR) is 94.4 cm³/mol. The highest BCUT2D eigenvalue weighted by molar-refractivity contribution is 6.23. The van der Waals surface area contributed by atoms with Crippen LogP contribution in [0.2, 0.25) is 0 Å². The molecule has 9 heteroatoms. The molecule has 1 saturated heterocycles. The van der Waals surface area contributed by atoms with E-state index < -0.39 is 35.5 Å². The van der Waals surface area contributed by atoms with Crippen LogP contribution in [0.3, 0.4) is 0 Å². The number of carbonyl (C=O) groups excluding carboxylic acids is 4. The van der Waals surface area contributed by atoms with Crippen molar-refractivity contribution in [1.29, 1.82) is 0 Å². The van der Waals surface area contributed by atoms with Gasteiger partial charge in [-0.25, -0.2) is 4.39 Å². The van der Waals surface area contributed by atoms with Crippen LogP contribution in [0.15, 0.2) is 12.1 Å². The molecule has 1 aromatic carbocycles. The van der Waals surface area contributed by atoms with Gasteiger partial charge in [-0.15, -0.1) is 0 Å². The van der Waals surface area contributed by atoms with Gasteiger partial charge in [0.15, 0.2) is 0 Å². The Morgan fingerprint density at radius 3 is 2.44 bits per heavy atom. The zero-order valence-corrected chi connectivity index (χ0v) is 15.1. The molecule has 0 bridgehead atoms. The van der Waals surface area contributed by atoms with Crippen LogP contribution in [-0.2, 0) is 9.59 Å². The summed E-state index contributed by atoms with van der Waals surface area (Å²) in [6.07, 6.45) is 0.0769. The number of benzene rings is 1. The number of halogens is 1. The molecule has 1 fully saturated rings. The molecule has 0 aromatic heterocycles. The monoisotopic (exact) mass is 376 g/mol. The molecule has 1 atom stereocenters. The van der Waals surface area contributed by atoms with E-state index in [2.05, 4.69) is 10.6 Å². The van der Waals surface area contributed by atoms with E-state index in [1.807, 2.05) is 13.8 Å². The van der Waals surface area contributed by atoms with Crippen LogP contribution in [0.5, 0.6) is 0 Å². The molecule has 0 saturated carbocycles. The third-order valence-electron chi connectivity index (χ3n) is 4.84. The van der Waals surface area contributed by atoms with E-state index in [4.69, 9.17) is 5.73 Å². The Balaban J connectivity index is 1.88. The maximum atomic E-state index is 14.4. The van der Waals surface area contributed by atoms with E-state index in [1.165, 1.54) is 6.07 Å². The van der Waals surface area contributed by atoms with Gasteiger partial charge in [-0.2, -0.15) is 0 Å². The zero-order valence-electron chi connectivity index (χ0n) is 15.1. The molecule has 4 N–H and O–H groups in total. The summed E-state index contributed by atoms with van der Waals surface area (Å²) in [6.45, 7) is 4.57. The van der Waals surface area contributed by atoms with Gasteiger partial charge >= 0.3 is 0 Å². The van der Waals surface area contributed by atoms with Crippen molar-refractivity contribution >= 4 is 29.3 Å². The second-order valence-corrected chi connectivity index (χ2v) is 7.55. The number of rotatable bonds is 5. The Morgan fingerprint density at radius 1 is 1.22 bits per heavy atom. The Labute approximate surface area is 155 Å². The van der Waals surface area contributed by atoms with Crippen LogP contribution in [0.1, 0.15) is 47.4 Å². The first-order valence-electron chi connectivity index (χ1n) is 8.63. The van der Waals surface area contributed by atoms with E-state index in [-0.39, 0.29) is 35.1 Å². The lowest BCUT2D eigenvalue weighted by molar-refractivity contribution is -0.136. The second-order valence-electron chi connectivity index (χ2n) is 7.55. The van der Waals surface area contributed by atoms with Crippen molar-refractivity contribution < 1.29 is 23.6 Å². The molecular weight excluding hydrogens is 355 g/mol. The van der Waals surface area contributed by atoms with Gasteiger partial charge in [0.05, 0.1) is 16.8 Å². The predicted octanol–water partition coefficient (Wildman–Crippen LogP) is 0.624. The fourth-order valence-electron chi connectivity index (χ4n) is 3.03. The molecule has 0 radical (unpaired) electrons. The summed E-state index contributed by atoms with van der Waals surface area (Å²) in [5.41, 5.74) is 5.39. The summed E-state index contributed by atoms with van der Waals surface area (Å²) in [5.74, 6) is -3.24. The average Bonchev–Trinajstić information content (AvgIpc) is 2.84. The van der Waals surface area contributed by atoms with E-state index >= 15 is 0 Å². The fourth-order valence-corrected chi connectivity index (χ4v) is 3.03. The molecule has 1 unspecified atom stereocenters. The smallest absolute Gasteiger partial charge is 0.262 e. The van der Waals surface area contributed by atoms with Crippen LogP contribution in [0.25, 0.3) is 0 Å². The van der Waals surface area contributed by atoms with Gasteiger partial charge in [-0.05, 0) is 30.5 Å². The van der Waals surface area contributed by atoms with Crippen LogP contribution >= 0.6 is 0 Å². The van der Waals surface area contributed by atoms with Crippen LogP contribution in [-0.4, -0.2) is 47.7 Å². The van der Waals surface area contributed by atoms with E-state index in [0.717, 1.165) is 11.0 Å². The third kappa shape index (κ3) is 3.42. The Hall–Kier alpha value is -2.81. The van der Waals surface area contributed by atoms with Gasteiger partial charge in [-0.1, -0.05) is 13.8 Å². The first-order chi connectivity index (χ1) is 12.6. The molecule has 3 rings (SSSR count). The van der Waals surface area contributed by atoms with Crippen molar-refractivity contribution in [2.75, 3.05) is 18.4 Å². The van der Waals surface area contributed by atoms with Crippen molar-refractivity contribution in [3.63, 3.8) is 0 Å². The number of piperidine rings is 1. The molecule has 1 aromatic rings. The highest BCUT2D eigenvalue weighted by atomic mass is 19.1. The molecule has 8 nitrogen and oxygen atoms in total. The minimum absolute atomic E-state index is 0.0269. The van der Waals surface area contributed by atoms with Gasteiger partial charge in [0.1, 0.15) is 11.9 Å². The summed E-state index contributed by atoms with van der Waals surface area (Å²) < 4.78 is 14.4. The van der Waals surface area contributed by atoms with Crippen molar-refractivity contribution in [1.82, 2.24) is 10.2 Å². The summed E-state index contributed by atoms with van der Waals surface area (Å²) in [5, 5.41) is 5.04. The first kappa shape index (κ1) is 19.0. The lowest BCUT2D eigenvalue weighted by Gasteiger charge is -2.27. The van der Waals surface area contributed by atoms with Gasteiger partial charge < -0.3 is 11.1 Å². The van der Waals surface area contributed by atoms with Gasteiger partial charge in [-0.3, -0.25) is 29.4 Å². The number of imide groups is 2. The van der Waals surface area contributed by atoms with Crippen molar-refractivity contribution in [3.05, 3.63) is 29.1 Å². The summed E-state index contributed by atoms with van der Waals surface area (Å²) >= 11 is 0. The third-order valence-corrected chi connectivity index (χ3v) is 4.84. The number of nitrogens with two attached hydrogens (primary N) is 1. The summed E-state index contributed by atoms with van der Waals surface area (Å²) in [4.78, 5) is 49.5. The SMILES string of the molecule is CC(C)(CN)CNc1cc2c(cc1F)C(=O)N(C1CCC(=O)NC1=O)C2=O. The Bertz CT molecular complexity index is 852. The fraction of sp³-hybridized carbons (Fsp3) is 0.444. The quantitative estimate of drug-likeness (QED) is 0.648. The lowest BCUT2D eigenvalue weighted by Crippen LogP contribution is -2.54. The van der Waals surface area contributed by atoms with Gasteiger partial charge in [0.25, 0.3) is 11.8 Å². The van der Waals surface area contributed by atoms with Crippen molar-refractivity contribution in [2.24, 2.45) is 11.1 Å². The number of carbonyl (C=O) groups is 4. The van der Waals surface area contributed by atoms with Crippen molar-refractivity contribution in [3.8, 4) is 0 Å². The number of anilines is 1. The number of fused-ring (bicyclic) bond motifs is 1. The Morgan fingerprint density at radius 2 is 1.85 bits per heavy atom. The molecular formula is C18H21FN4O4. The molecule has 4 amide bonds. The highest BCUT2D eigenvalue weighted by Gasteiger charge is 2.45. The molecule has 144 valence electrons. The normalized spacial score (nSPS) is 20.0. The number of nitrogens with zero attached hydrogens (tertiary/aromatic N) is 1. The molecule has 2 heterocycles. The van der Waals surface area contributed by atoms with Crippen LogP contribution in [0, 0.1) is 11.2 Å². The van der Waals surface area contributed by atoms with Crippen LogP contribution in [0.4, 0.5) is 10.1 Å². The highest BCUT2D eigenvalue weighted by Crippen LogP contribution is 2.31. The van der Waals surface area contributed by atoms with Crippen molar-refractivity contribution in [2.45, 2.75) is 32.7 Å². The second kappa shape index (κ2) is 6.73. The maximum Gasteiger partial charge on any atom is 0.262 e. The number of hydrogen-bond acceptors (Lipinski definition) is 6. The largest absolute Gasteiger partial charge is 0.382 e. The standard InChI is InChI=1S/C18H21FN4O4/c1-18(2,7-20)8-21-12-6-10-9(5-11(12)19)16(26)23(17(10)27)13-3-4-14(24)22-15(13)25/h5-6,13,21H,3-4,7-8,20H2,1-2H3,(H,22,24,25).